The molecule has 1 unspecified atom stereocenters. The van der Waals surface area contributed by atoms with Gasteiger partial charge in [0.1, 0.15) is 0 Å². The molecule has 1 fully saturated rings. The molecule has 1 heterocycles. The lowest BCUT2D eigenvalue weighted by Crippen LogP contribution is -2.38. The van der Waals surface area contributed by atoms with Gasteiger partial charge in [0, 0.05) is 25.7 Å². The van der Waals surface area contributed by atoms with Crippen molar-refractivity contribution in [2.45, 2.75) is 45.7 Å². The van der Waals surface area contributed by atoms with E-state index in [-0.39, 0.29) is 12.5 Å². The summed E-state index contributed by atoms with van der Waals surface area (Å²) in [7, 11) is 0. The highest BCUT2D eigenvalue weighted by molar-refractivity contribution is 5.87. The van der Waals surface area contributed by atoms with E-state index in [2.05, 4.69) is 5.32 Å². The Bertz CT molecular complexity index is 362. The summed E-state index contributed by atoms with van der Waals surface area (Å²) >= 11 is 0. The molecule has 0 bridgehead atoms. The summed E-state index contributed by atoms with van der Waals surface area (Å²) in [5.41, 5.74) is 0.948. The van der Waals surface area contributed by atoms with E-state index < -0.39 is 12.6 Å². The lowest BCUT2D eigenvalue weighted by atomic mass is 9.94. The van der Waals surface area contributed by atoms with Crippen molar-refractivity contribution in [3.63, 3.8) is 0 Å². The summed E-state index contributed by atoms with van der Waals surface area (Å²) in [6, 6.07) is 0. The summed E-state index contributed by atoms with van der Waals surface area (Å²) in [5, 5.41) is 2.82. The Balaban J connectivity index is 2.24. The van der Waals surface area contributed by atoms with E-state index in [1.165, 1.54) is 0 Å². The van der Waals surface area contributed by atoms with Gasteiger partial charge in [0.25, 0.3) is 0 Å². The largest absolute Gasteiger partial charge is 0.390 e. The lowest BCUT2D eigenvalue weighted by Gasteiger charge is -2.33. The average Bonchev–Trinajstić information content (AvgIpc) is 2.35. The van der Waals surface area contributed by atoms with Crippen molar-refractivity contribution in [2.75, 3.05) is 26.2 Å². The van der Waals surface area contributed by atoms with Gasteiger partial charge in [-0.15, -0.1) is 0 Å². The molecule has 0 aromatic carbocycles. The Morgan fingerprint density at radius 2 is 2.10 bits per heavy atom. The van der Waals surface area contributed by atoms with E-state index in [4.69, 9.17) is 0 Å². The first-order valence-electron chi connectivity index (χ1n) is 7.48. The third-order valence-corrected chi connectivity index (χ3v) is 3.59. The molecule has 3 nitrogen and oxygen atoms in total. The SMILES string of the molecule is CC(C)=CC(=O)NCCC1CCCN(CCC(F)(F)F)C1. The Labute approximate surface area is 124 Å². The third-order valence-electron chi connectivity index (χ3n) is 3.59. The highest BCUT2D eigenvalue weighted by Gasteiger charge is 2.29. The van der Waals surface area contributed by atoms with Crippen LogP contribution in [0.1, 0.15) is 39.5 Å². The maximum absolute atomic E-state index is 12.2. The van der Waals surface area contributed by atoms with Crippen molar-refractivity contribution < 1.29 is 18.0 Å². The number of allylic oxidation sites excluding steroid dienone is 1. The zero-order valence-corrected chi connectivity index (χ0v) is 12.8. The molecule has 122 valence electrons. The quantitative estimate of drug-likeness (QED) is 0.765. The topological polar surface area (TPSA) is 32.3 Å². The van der Waals surface area contributed by atoms with Crippen LogP contribution in [0.15, 0.2) is 11.6 Å². The van der Waals surface area contributed by atoms with Crippen LogP contribution >= 0.6 is 0 Å². The van der Waals surface area contributed by atoms with E-state index in [0.29, 0.717) is 19.0 Å². The highest BCUT2D eigenvalue weighted by Crippen LogP contribution is 2.23. The van der Waals surface area contributed by atoms with E-state index >= 15 is 0 Å². The standard InChI is InChI=1S/C15H25F3N2O/c1-12(2)10-14(21)19-7-5-13-4-3-8-20(11-13)9-6-15(16,17)18/h10,13H,3-9,11H2,1-2H3,(H,19,21). The molecule has 0 saturated carbocycles. The number of carbonyl (C=O) groups is 1. The number of halogens is 3. The van der Waals surface area contributed by atoms with E-state index in [0.717, 1.165) is 31.4 Å². The van der Waals surface area contributed by atoms with Gasteiger partial charge in [-0.3, -0.25) is 4.79 Å². The molecule has 21 heavy (non-hydrogen) atoms. The molecule has 1 atom stereocenters. The lowest BCUT2D eigenvalue weighted by molar-refractivity contribution is -0.138. The zero-order chi connectivity index (χ0) is 15.9. The summed E-state index contributed by atoms with van der Waals surface area (Å²) in [6.07, 6.45) is -0.477. The predicted molar refractivity (Wildman–Crippen MR) is 76.9 cm³/mol. The Morgan fingerprint density at radius 3 is 2.71 bits per heavy atom. The fraction of sp³-hybridized carbons (Fsp3) is 0.800. The van der Waals surface area contributed by atoms with Gasteiger partial charge in [-0.25, -0.2) is 0 Å². The van der Waals surface area contributed by atoms with Crippen LogP contribution in [0.4, 0.5) is 13.2 Å². The minimum absolute atomic E-state index is 0.0874. The van der Waals surface area contributed by atoms with Gasteiger partial charge in [-0.1, -0.05) is 5.57 Å². The van der Waals surface area contributed by atoms with Gasteiger partial charge in [0.15, 0.2) is 0 Å². The molecule has 0 aromatic heterocycles. The number of nitrogens with one attached hydrogen (secondary N) is 1. The summed E-state index contributed by atoms with van der Waals surface area (Å²) in [5.74, 6) is 0.277. The maximum atomic E-state index is 12.2. The Hall–Kier alpha value is -1.04. The van der Waals surface area contributed by atoms with Gasteiger partial charge in [0.05, 0.1) is 6.42 Å². The molecule has 0 aliphatic carbocycles. The molecule has 1 amide bonds. The zero-order valence-electron chi connectivity index (χ0n) is 12.8. The van der Waals surface area contributed by atoms with Crippen LogP contribution in [0.5, 0.6) is 0 Å². The molecule has 0 aromatic rings. The third kappa shape index (κ3) is 8.75. The number of hydrogen-bond donors (Lipinski definition) is 1. The van der Waals surface area contributed by atoms with Crippen LogP contribution in [-0.2, 0) is 4.79 Å². The number of piperidine rings is 1. The smallest absolute Gasteiger partial charge is 0.353 e. The first-order chi connectivity index (χ1) is 9.76. The van der Waals surface area contributed by atoms with Crippen LogP contribution in [0.3, 0.4) is 0 Å². The van der Waals surface area contributed by atoms with Gasteiger partial charge >= 0.3 is 6.18 Å². The summed E-state index contributed by atoms with van der Waals surface area (Å²) in [4.78, 5) is 13.3. The Kier molecular flexibility index (Phi) is 7.22. The monoisotopic (exact) mass is 306 g/mol. The van der Waals surface area contributed by atoms with Crippen molar-refractivity contribution in [3.05, 3.63) is 11.6 Å². The second kappa shape index (κ2) is 8.41. The van der Waals surface area contributed by atoms with Gasteiger partial charge in [0.2, 0.25) is 5.91 Å². The van der Waals surface area contributed by atoms with Gasteiger partial charge < -0.3 is 10.2 Å². The van der Waals surface area contributed by atoms with Crippen molar-refractivity contribution in [1.29, 1.82) is 0 Å². The number of rotatable bonds is 6. The molecule has 1 rings (SSSR count). The number of amides is 1. The van der Waals surface area contributed by atoms with Crippen molar-refractivity contribution in [3.8, 4) is 0 Å². The van der Waals surface area contributed by atoms with E-state index in [1.807, 2.05) is 18.7 Å². The predicted octanol–water partition coefficient (Wildman–Crippen LogP) is 3.12. The molecule has 0 radical (unpaired) electrons. The van der Waals surface area contributed by atoms with Gasteiger partial charge in [-0.05, 0) is 45.6 Å². The molecule has 1 N–H and O–H groups in total. The minimum atomic E-state index is -4.08. The first kappa shape index (κ1) is 18.0. The number of alkyl halides is 3. The Morgan fingerprint density at radius 1 is 1.38 bits per heavy atom. The van der Waals surface area contributed by atoms with Crippen molar-refractivity contribution in [2.24, 2.45) is 5.92 Å². The van der Waals surface area contributed by atoms with Crippen LogP contribution in [0, 0.1) is 5.92 Å². The summed E-state index contributed by atoms with van der Waals surface area (Å²) < 4.78 is 36.7. The average molecular weight is 306 g/mol. The van der Waals surface area contributed by atoms with Crippen molar-refractivity contribution in [1.82, 2.24) is 10.2 Å². The molecular formula is C15H25F3N2O. The van der Waals surface area contributed by atoms with Gasteiger partial charge in [-0.2, -0.15) is 13.2 Å². The van der Waals surface area contributed by atoms with Crippen LogP contribution in [0.25, 0.3) is 0 Å². The summed E-state index contributed by atoms with van der Waals surface area (Å²) in [6.45, 7) is 5.84. The van der Waals surface area contributed by atoms with Crippen molar-refractivity contribution >= 4 is 5.91 Å². The second-order valence-electron chi connectivity index (χ2n) is 5.98. The molecule has 1 aliphatic rings. The molecule has 1 saturated heterocycles. The highest BCUT2D eigenvalue weighted by atomic mass is 19.4. The second-order valence-corrected chi connectivity index (χ2v) is 5.98. The molecular weight excluding hydrogens is 281 g/mol. The number of nitrogens with zero attached hydrogens (tertiary/aromatic N) is 1. The maximum Gasteiger partial charge on any atom is 0.390 e. The fourth-order valence-corrected chi connectivity index (χ4v) is 2.59. The fourth-order valence-electron chi connectivity index (χ4n) is 2.59. The number of carbonyl (C=O) groups excluding carboxylic acids is 1. The van der Waals surface area contributed by atoms with Crippen LogP contribution < -0.4 is 5.32 Å². The van der Waals surface area contributed by atoms with Crippen LogP contribution in [0.2, 0.25) is 0 Å². The van der Waals surface area contributed by atoms with Crippen LogP contribution in [-0.4, -0.2) is 43.2 Å². The number of likely N-dealkylation sites (tertiary alicyclic amines) is 1. The molecule has 1 aliphatic heterocycles. The first-order valence-corrected chi connectivity index (χ1v) is 7.48. The van der Waals surface area contributed by atoms with E-state index in [9.17, 15) is 18.0 Å². The normalized spacial score (nSPS) is 20.1. The minimum Gasteiger partial charge on any atom is -0.353 e. The van der Waals surface area contributed by atoms with E-state index in [1.54, 1.807) is 6.08 Å². The number of hydrogen-bond acceptors (Lipinski definition) is 2. The molecule has 6 heteroatoms. The molecule has 0 spiro atoms.